The van der Waals surface area contributed by atoms with Gasteiger partial charge in [0.1, 0.15) is 17.9 Å². The molecule has 2 N–H and O–H groups in total. The van der Waals surface area contributed by atoms with Crippen molar-refractivity contribution in [3.05, 3.63) is 65.9 Å². The lowest BCUT2D eigenvalue weighted by Gasteiger charge is -2.10. The summed E-state index contributed by atoms with van der Waals surface area (Å²) in [6.07, 6.45) is 0. The standard InChI is InChI=1S/C22H22N2O4S/c1-14(2)15-7-9-18(10-8-15)27-13-17(25)12-23-22(29)24-21(26)20-11-16-5-3-4-6-19(16)28-20/h3-11,14H,12-13H2,1-2H3,(H2,23,24,26,29). The van der Waals surface area contributed by atoms with Crippen LogP contribution in [0.4, 0.5) is 0 Å². The molecule has 0 aliphatic carbocycles. The number of ether oxygens (including phenoxy) is 1. The smallest absolute Gasteiger partial charge is 0.293 e. The van der Waals surface area contributed by atoms with E-state index in [9.17, 15) is 9.59 Å². The minimum absolute atomic E-state index is 0.0464. The molecule has 0 spiro atoms. The number of thiocarbonyl (C=S) groups is 1. The molecule has 7 heteroatoms. The van der Waals surface area contributed by atoms with Gasteiger partial charge in [-0.25, -0.2) is 0 Å². The molecule has 1 heterocycles. The largest absolute Gasteiger partial charge is 0.486 e. The second-order valence-corrected chi connectivity index (χ2v) is 7.24. The third-order valence-electron chi connectivity index (χ3n) is 4.27. The van der Waals surface area contributed by atoms with E-state index < -0.39 is 5.91 Å². The lowest BCUT2D eigenvalue weighted by molar-refractivity contribution is -0.119. The number of ketones is 1. The van der Waals surface area contributed by atoms with E-state index in [0.29, 0.717) is 17.3 Å². The van der Waals surface area contributed by atoms with Crippen molar-refractivity contribution in [2.75, 3.05) is 13.2 Å². The van der Waals surface area contributed by atoms with Gasteiger partial charge in [-0.15, -0.1) is 0 Å². The molecule has 0 unspecified atom stereocenters. The number of furan rings is 1. The van der Waals surface area contributed by atoms with E-state index in [0.717, 1.165) is 5.39 Å². The Morgan fingerprint density at radius 3 is 2.52 bits per heavy atom. The van der Waals surface area contributed by atoms with Gasteiger partial charge in [-0.3, -0.25) is 14.9 Å². The maximum absolute atomic E-state index is 12.2. The quantitative estimate of drug-likeness (QED) is 0.577. The highest BCUT2D eigenvalue weighted by molar-refractivity contribution is 7.80. The van der Waals surface area contributed by atoms with E-state index >= 15 is 0 Å². The topological polar surface area (TPSA) is 80.6 Å². The number of amides is 1. The third-order valence-corrected chi connectivity index (χ3v) is 4.52. The third kappa shape index (κ3) is 5.65. The summed E-state index contributed by atoms with van der Waals surface area (Å²) in [5.41, 5.74) is 1.82. The van der Waals surface area contributed by atoms with Gasteiger partial charge in [0.05, 0.1) is 6.54 Å². The zero-order valence-electron chi connectivity index (χ0n) is 16.2. The van der Waals surface area contributed by atoms with Crippen LogP contribution in [-0.4, -0.2) is 30.0 Å². The van der Waals surface area contributed by atoms with Crippen LogP contribution in [-0.2, 0) is 4.79 Å². The van der Waals surface area contributed by atoms with Crippen molar-refractivity contribution in [2.45, 2.75) is 19.8 Å². The van der Waals surface area contributed by atoms with Gasteiger partial charge in [0.25, 0.3) is 5.91 Å². The molecule has 29 heavy (non-hydrogen) atoms. The molecular weight excluding hydrogens is 388 g/mol. The Kier molecular flexibility index (Phi) is 6.61. The Morgan fingerprint density at radius 2 is 1.83 bits per heavy atom. The summed E-state index contributed by atoms with van der Waals surface area (Å²) in [6, 6.07) is 16.6. The molecule has 1 aromatic heterocycles. The molecule has 3 rings (SSSR count). The Bertz CT molecular complexity index is 992. The highest BCUT2D eigenvalue weighted by Crippen LogP contribution is 2.19. The van der Waals surface area contributed by atoms with Gasteiger partial charge in [0.15, 0.2) is 16.7 Å². The van der Waals surface area contributed by atoms with E-state index in [2.05, 4.69) is 24.5 Å². The fraction of sp³-hybridized carbons (Fsp3) is 0.227. The number of hydrogen-bond acceptors (Lipinski definition) is 5. The fourth-order valence-electron chi connectivity index (χ4n) is 2.65. The highest BCUT2D eigenvalue weighted by atomic mass is 32.1. The van der Waals surface area contributed by atoms with E-state index in [-0.39, 0.29) is 29.8 Å². The minimum atomic E-state index is -0.479. The fourth-order valence-corrected chi connectivity index (χ4v) is 2.81. The Labute approximate surface area is 174 Å². The maximum atomic E-state index is 12.2. The molecule has 0 aliphatic rings. The van der Waals surface area contributed by atoms with Crippen molar-refractivity contribution in [3.63, 3.8) is 0 Å². The van der Waals surface area contributed by atoms with Crippen molar-refractivity contribution in [1.29, 1.82) is 0 Å². The van der Waals surface area contributed by atoms with Crippen molar-refractivity contribution >= 4 is 40.0 Å². The van der Waals surface area contributed by atoms with Gasteiger partial charge in [-0.05, 0) is 48.0 Å². The van der Waals surface area contributed by atoms with Gasteiger partial charge in [-0.2, -0.15) is 0 Å². The number of benzene rings is 2. The molecule has 1 amide bonds. The first-order chi connectivity index (χ1) is 13.9. The number of carbonyl (C=O) groups excluding carboxylic acids is 2. The molecular formula is C22H22N2O4S. The van der Waals surface area contributed by atoms with Crippen LogP contribution in [0.2, 0.25) is 0 Å². The van der Waals surface area contributed by atoms with Gasteiger partial charge in [0.2, 0.25) is 0 Å². The van der Waals surface area contributed by atoms with Gasteiger partial charge >= 0.3 is 0 Å². The van der Waals surface area contributed by atoms with Crippen LogP contribution in [0.3, 0.4) is 0 Å². The van der Waals surface area contributed by atoms with Crippen LogP contribution >= 0.6 is 12.2 Å². The van der Waals surface area contributed by atoms with E-state index in [4.69, 9.17) is 21.4 Å². The van der Waals surface area contributed by atoms with E-state index in [1.54, 1.807) is 12.1 Å². The molecule has 2 aromatic carbocycles. The number of hydrogen-bond donors (Lipinski definition) is 2. The number of carbonyl (C=O) groups is 2. The number of Topliss-reactive ketones (excluding diaryl/α,β-unsaturated/α-hetero) is 1. The van der Waals surface area contributed by atoms with E-state index in [1.165, 1.54) is 5.56 Å². The Hall–Kier alpha value is -3.19. The lowest BCUT2D eigenvalue weighted by atomic mass is 10.0. The first-order valence-corrected chi connectivity index (χ1v) is 9.65. The predicted molar refractivity (Wildman–Crippen MR) is 115 cm³/mol. The van der Waals surface area contributed by atoms with E-state index in [1.807, 2.05) is 42.5 Å². The maximum Gasteiger partial charge on any atom is 0.293 e. The van der Waals surface area contributed by atoms with Crippen LogP contribution in [0.5, 0.6) is 5.75 Å². The molecule has 0 fully saturated rings. The van der Waals surface area contributed by atoms with Crippen LogP contribution in [0.25, 0.3) is 11.0 Å². The van der Waals surface area contributed by atoms with Crippen LogP contribution in [0, 0.1) is 0 Å². The lowest BCUT2D eigenvalue weighted by Crippen LogP contribution is -2.42. The summed E-state index contributed by atoms with van der Waals surface area (Å²) < 4.78 is 11.0. The number of rotatable bonds is 7. The molecule has 3 aromatic rings. The van der Waals surface area contributed by atoms with Crippen LogP contribution in [0.1, 0.15) is 35.9 Å². The second kappa shape index (κ2) is 9.34. The van der Waals surface area contributed by atoms with Crippen molar-refractivity contribution in [1.82, 2.24) is 10.6 Å². The van der Waals surface area contributed by atoms with Crippen LogP contribution < -0.4 is 15.4 Å². The molecule has 0 bridgehead atoms. The summed E-state index contributed by atoms with van der Waals surface area (Å²) in [5, 5.41) is 6.07. The number of nitrogens with one attached hydrogen (secondary N) is 2. The number of para-hydroxylation sites is 1. The summed E-state index contributed by atoms with van der Waals surface area (Å²) >= 11 is 5.07. The highest BCUT2D eigenvalue weighted by Gasteiger charge is 2.14. The monoisotopic (exact) mass is 410 g/mol. The molecule has 0 saturated carbocycles. The Morgan fingerprint density at radius 1 is 1.10 bits per heavy atom. The predicted octanol–water partition coefficient (Wildman–Crippen LogP) is 3.81. The summed E-state index contributed by atoms with van der Waals surface area (Å²) in [6.45, 7) is 4.08. The first-order valence-electron chi connectivity index (χ1n) is 9.24. The van der Waals surface area contributed by atoms with Gasteiger partial charge in [0, 0.05) is 5.39 Å². The Balaban J connectivity index is 1.42. The van der Waals surface area contributed by atoms with Crippen molar-refractivity contribution in [3.8, 4) is 5.75 Å². The van der Waals surface area contributed by atoms with Crippen molar-refractivity contribution in [2.24, 2.45) is 0 Å². The minimum Gasteiger partial charge on any atom is -0.486 e. The van der Waals surface area contributed by atoms with Gasteiger partial charge in [-0.1, -0.05) is 44.2 Å². The molecule has 150 valence electrons. The molecule has 0 radical (unpaired) electrons. The molecule has 0 aliphatic heterocycles. The zero-order valence-corrected chi connectivity index (χ0v) is 17.0. The first kappa shape index (κ1) is 20.5. The molecule has 0 atom stereocenters. The summed E-state index contributed by atoms with van der Waals surface area (Å²) in [5.74, 6) is 0.537. The van der Waals surface area contributed by atoms with Crippen molar-refractivity contribution < 1.29 is 18.7 Å². The average molecular weight is 410 g/mol. The molecule has 0 saturated heterocycles. The second-order valence-electron chi connectivity index (χ2n) is 6.84. The SMILES string of the molecule is CC(C)c1ccc(OCC(=O)CNC(=S)NC(=O)c2cc3ccccc3o2)cc1. The summed E-state index contributed by atoms with van der Waals surface area (Å²) in [7, 11) is 0. The average Bonchev–Trinajstić information content (AvgIpc) is 3.15. The zero-order chi connectivity index (χ0) is 20.8. The number of fused-ring (bicyclic) bond motifs is 1. The van der Waals surface area contributed by atoms with Gasteiger partial charge < -0.3 is 14.5 Å². The normalized spacial score (nSPS) is 10.7. The molecule has 6 nitrogen and oxygen atoms in total. The summed E-state index contributed by atoms with van der Waals surface area (Å²) in [4.78, 5) is 24.2. The van der Waals surface area contributed by atoms with Crippen LogP contribution in [0.15, 0.2) is 59.0 Å².